The maximum atomic E-state index is 11.2. The van der Waals surface area contributed by atoms with Crippen molar-refractivity contribution in [3.8, 4) is 0 Å². The highest BCUT2D eigenvalue weighted by molar-refractivity contribution is 7.46. The molecule has 0 saturated carbocycles. The summed E-state index contributed by atoms with van der Waals surface area (Å²) in [6.45, 7) is 6.42. The van der Waals surface area contributed by atoms with Crippen LogP contribution in [0.1, 0.15) is 102 Å². The monoisotopic (exact) mass is 1050 g/mol. The van der Waals surface area contributed by atoms with Gasteiger partial charge in [0.2, 0.25) is 23.3 Å². The van der Waals surface area contributed by atoms with E-state index in [1.807, 2.05) is 0 Å². The molecule has 8 heterocycles. The molecular formula is C36H56N15O20P. The second-order valence-corrected chi connectivity index (χ2v) is 17.6. The van der Waals surface area contributed by atoms with Gasteiger partial charge in [-0.15, -0.1) is 20.4 Å². The molecule has 4 fully saturated rings. The molecule has 0 radical (unpaired) electrons. The number of rotatable bonds is 14. The largest absolute Gasteiger partial charge is 0.469 e. The molecular weight excluding hydrogens is 993 g/mol. The third-order valence-electron chi connectivity index (χ3n) is 11.4. The number of phosphoric ester groups is 1. The zero-order chi connectivity index (χ0) is 53.5. The highest BCUT2D eigenvalue weighted by atomic mass is 31.2. The minimum absolute atomic E-state index is 0.101. The van der Waals surface area contributed by atoms with Gasteiger partial charge < -0.3 is 86.8 Å². The van der Waals surface area contributed by atoms with Crippen LogP contribution in [0.4, 0.5) is 0 Å². The molecule has 8 rings (SSSR count). The number of aliphatic hydroxyl groups excluding tert-OH is 8. The molecule has 0 spiro atoms. The van der Waals surface area contributed by atoms with Gasteiger partial charge in [-0.05, 0) is 12.3 Å². The molecule has 35 nitrogen and oxygen atoms in total. The van der Waals surface area contributed by atoms with E-state index in [0.29, 0.717) is 11.8 Å². The molecule has 0 aliphatic carbocycles. The summed E-state index contributed by atoms with van der Waals surface area (Å²) in [5.41, 5.74) is 14.9. The van der Waals surface area contributed by atoms with E-state index in [9.17, 15) is 54.4 Å². The van der Waals surface area contributed by atoms with Crippen molar-refractivity contribution >= 4 is 31.3 Å². The van der Waals surface area contributed by atoms with E-state index in [0.717, 1.165) is 39.4 Å². The molecule has 16 N–H and O–H groups in total. The summed E-state index contributed by atoms with van der Waals surface area (Å²) in [7, 11) is -4.73. The number of carbonyl (C=O) groups is 4. The number of aromatic nitrogens is 12. The predicted molar refractivity (Wildman–Crippen MR) is 228 cm³/mol. The Morgan fingerprint density at radius 3 is 1.15 bits per heavy atom. The standard InChI is InChI=1S/C12H19N3O2.C8H13N4O8P.2C8H12N4O5/c1-5-10-7(2)8(3)12(17-10)15-6-13-11(14-15)9(4)16;9-6(15)7-10-2-12(11-7)8-5(14)4(13)3(20-8)1-19-21(16,17)18;2*9-6(16)7-10-2-12(11-7)8-5(15)4(14)3(1-13)17-8/h6-8,10,12H,5H2,1-4H3;2-5,8,13-14H,1H2,(H2,9,15)(H2,16,17,18);2*2-5,8,13-15H,1H2,(H2,9,16). The number of hydrogen-bond donors (Lipinski definition) is 13. The Balaban J connectivity index is 0.000000179. The molecule has 4 saturated heterocycles. The van der Waals surface area contributed by atoms with Gasteiger partial charge in [0, 0.05) is 12.8 Å². The van der Waals surface area contributed by atoms with Crippen molar-refractivity contribution in [1.82, 2.24) is 59.1 Å². The highest BCUT2D eigenvalue weighted by Crippen LogP contribution is 2.40. The zero-order valence-electron chi connectivity index (χ0n) is 38.5. The summed E-state index contributed by atoms with van der Waals surface area (Å²) in [5.74, 6) is -2.24. The molecule has 36 heteroatoms. The van der Waals surface area contributed by atoms with Crippen LogP contribution in [0, 0.1) is 11.8 Å². The summed E-state index contributed by atoms with van der Waals surface area (Å²) < 4.78 is 41.1. The van der Waals surface area contributed by atoms with E-state index in [4.69, 9.17) is 56.1 Å². The van der Waals surface area contributed by atoms with E-state index < -0.39 is 119 Å². The smallest absolute Gasteiger partial charge is 0.394 e. The minimum atomic E-state index is -4.73. The number of Topliss-reactive ketones (excluding diaryl/α,β-unsaturated/α-hetero) is 1. The number of carbonyl (C=O) groups excluding carboxylic acids is 4. The van der Waals surface area contributed by atoms with Gasteiger partial charge in [0.15, 0.2) is 30.7 Å². The number of hydrogen-bond acceptors (Lipinski definition) is 26. The first-order valence-electron chi connectivity index (χ1n) is 21.5. The van der Waals surface area contributed by atoms with E-state index in [1.165, 1.54) is 6.92 Å². The number of nitrogens with two attached hydrogens (primary N) is 3. The average Bonchev–Trinajstić information content (AvgIpc) is 4.20. The van der Waals surface area contributed by atoms with Crippen LogP contribution in [0.15, 0.2) is 25.3 Å². The van der Waals surface area contributed by atoms with Crippen molar-refractivity contribution in [2.24, 2.45) is 29.0 Å². The van der Waals surface area contributed by atoms with Crippen molar-refractivity contribution in [1.29, 1.82) is 0 Å². The summed E-state index contributed by atoms with van der Waals surface area (Å²) in [4.78, 5) is 75.6. The summed E-state index contributed by atoms with van der Waals surface area (Å²) >= 11 is 0. The van der Waals surface area contributed by atoms with Gasteiger partial charge in [0.1, 0.15) is 80.2 Å². The third kappa shape index (κ3) is 13.5. The fourth-order valence-electron chi connectivity index (χ4n) is 7.34. The quantitative estimate of drug-likeness (QED) is 0.0412. The Morgan fingerprint density at radius 1 is 0.556 bits per heavy atom. The van der Waals surface area contributed by atoms with Gasteiger partial charge in [-0.1, -0.05) is 20.8 Å². The van der Waals surface area contributed by atoms with Crippen LogP contribution < -0.4 is 17.2 Å². The lowest BCUT2D eigenvalue weighted by molar-refractivity contribution is -0.0588. The van der Waals surface area contributed by atoms with Crippen LogP contribution >= 0.6 is 7.82 Å². The Morgan fingerprint density at radius 2 is 0.875 bits per heavy atom. The van der Waals surface area contributed by atoms with Gasteiger partial charge in [-0.3, -0.25) is 23.7 Å². The van der Waals surface area contributed by atoms with Crippen LogP contribution in [0.25, 0.3) is 0 Å². The predicted octanol–water partition coefficient (Wildman–Crippen LogP) is -6.86. The second kappa shape index (κ2) is 24.3. The molecule has 4 aromatic heterocycles. The number of aliphatic hydroxyl groups is 8. The lowest BCUT2D eigenvalue weighted by Gasteiger charge is -2.15. The van der Waals surface area contributed by atoms with Gasteiger partial charge in [0.05, 0.1) is 25.9 Å². The van der Waals surface area contributed by atoms with Gasteiger partial charge in [-0.25, -0.2) is 43.2 Å². The number of primary amides is 3. The number of ether oxygens (including phenoxy) is 4. The normalized spacial score (nSPS) is 32.0. The molecule has 0 aromatic carbocycles. The van der Waals surface area contributed by atoms with Gasteiger partial charge >= 0.3 is 7.82 Å². The van der Waals surface area contributed by atoms with E-state index >= 15 is 0 Å². The van der Waals surface area contributed by atoms with Crippen molar-refractivity contribution in [2.75, 3.05) is 19.8 Å². The molecule has 16 unspecified atom stereocenters. The number of phosphoric acid groups is 1. The lowest BCUT2D eigenvalue weighted by atomic mass is 9.92. The fourth-order valence-corrected chi connectivity index (χ4v) is 7.68. The SMILES string of the molecule is CCC1OC(n2cnc(C(C)=O)n2)C(C)C1C.NC(=O)c1ncn(C2OC(CO)C(O)C2O)n1.NC(=O)c1ncn(C2OC(CO)C(O)C2O)n1.NC(=O)c1ncn(C2OC(COP(=O)(O)O)C(O)C2O)n1. The number of amides is 3. The molecule has 16 atom stereocenters. The molecule has 4 aromatic rings. The molecule has 4 aliphatic heterocycles. The van der Waals surface area contributed by atoms with Crippen molar-refractivity contribution in [2.45, 2.75) is 120 Å². The van der Waals surface area contributed by atoms with Crippen molar-refractivity contribution in [3.63, 3.8) is 0 Å². The van der Waals surface area contributed by atoms with E-state index in [1.54, 1.807) is 11.0 Å². The maximum Gasteiger partial charge on any atom is 0.469 e. The molecule has 4 aliphatic rings. The first-order valence-corrected chi connectivity index (χ1v) is 23.0. The number of nitrogens with zero attached hydrogens (tertiary/aromatic N) is 12. The summed E-state index contributed by atoms with van der Waals surface area (Å²) in [5, 5.41) is 91.0. The first kappa shape index (κ1) is 57.2. The molecule has 72 heavy (non-hydrogen) atoms. The van der Waals surface area contributed by atoms with Crippen molar-refractivity contribution in [3.05, 3.63) is 48.6 Å². The minimum Gasteiger partial charge on any atom is -0.394 e. The number of ketones is 1. The second-order valence-electron chi connectivity index (χ2n) is 16.3. The van der Waals surface area contributed by atoms with Crippen LogP contribution in [-0.2, 0) is 28.0 Å². The molecule has 400 valence electrons. The Kier molecular flexibility index (Phi) is 19.3. The first-order chi connectivity index (χ1) is 33.8. The topological polar surface area (TPSA) is 535 Å². The molecule has 0 bridgehead atoms. The Labute approximate surface area is 405 Å². The average molecular weight is 1050 g/mol. The van der Waals surface area contributed by atoms with E-state index in [-0.39, 0.29) is 41.4 Å². The van der Waals surface area contributed by atoms with Gasteiger partial charge in [-0.2, -0.15) is 0 Å². The van der Waals surface area contributed by atoms with Crippen LogP contribution in [0.2, 0.25) is 0 Å². The van der Waals surface area contributed by atoms with Gasteiger partial charge in [0.25, 0.3) is 17.7 Å². The summed E-state index contributed by atoms with van der Waals surface area (Å²) in [6.07, 6.45) is -8.05. The zero-order valence-corrected chi connectivity index (χ0v) is 39.4. The third-order valence-corrected chi connectivity index (χ3v) is 11.9. The Bertz CT molecular complexity index is 2320. The lowest BCUT2D eigenvalue weighted by Crippen LogP contribution is -2.33. The maximum absolute atomic E-state index is 11.2. The fraction of sp³-hybridized carbons (Fsp3) is 0.667. The van der Waals surface area contributed by atoms with Crippen LogP contribution in [0.5, 0.6) is 0 Å². The van der Waals surface area contributed by atoms with Crippen LogP contribution in [0.3, 0.4) is 0 Å². The highest BCUT2D eigenvalue weighted by Gasteiger charge is 2.47. The molecule has 3 amide bonds. The van der Waals surface area contributed by atoms with E-state index in [2.05, 4.69) is 65.6 Å². The Hall–Kier alpha value is -5.73. The van der Waals surface area contributed by atoms with Crippen LogP contribution in [-0.4, -0.2) is 214 Å². The summed E-state index contributed by atoms with van der Waals surface area (Å²) in [6, 6.07) is 0. The van der Waals surface area contributed by atoms with Crippen molar-refractivity contribution < 1.29 is 97.9 Å².